The maximum atomic E-state index is 12.4. The van der Waals surface area contributed by atoms with Crippen LogP contribution < -0.4 is 15.6 Å². The second-order valence-electron chi connectivity index (χ2n) is 5.47. The lowest BCUT2D eigenvalue weighted by Crippen LogP contribution is -2.21. The highest BCUT2D eigenvalue weighted by Crippen LogP contribution is 2.16. The van der Waals surface area contributed by atoms with Crippen molar-refractivity contribution in [1.29, 1.82) is 0 Å². The van der Waals surface area contributed by atoms with Gasteiger partial charge in [-0.15, -0.1) is 0 Å². The first-order valence-electron chi connectivity index (χ1n) is 7.25. The second-order valence-corrected chi connectivity index (χ2v) is 5.47. The molecule has 2 aromatic carbocycles. The Bertz CT molecular complexity index is 911. The van der Waals surface area contributed by atoms with E-state index in [0.29, 0.717) is 16.6 Å². The molecule has 3 aromatic rings. The summed E-state index contributed by atoms with van der Waals surface area (Å²) in [6, 6.07) is 14.5. The van der Waals surface area contributed by atoms with Gasteiger partial charge in [-0.05, 0) is 36.4 Å². The van der Waals surface area contributed by atoms with Gasteiger partial charge >= 0.3 is 0 Å². The van der Waals surface area contributed by atoms with Crippen molar-refractivity contribution in [3.63, 3.8) is 0 Å². The first-order valence-corrected chi connectivity index (χ1v) is 7.25. The Morgan fingerprint density at radius 1 is 1.04 bits per heavy atom. The molecular formula is C18H17N3O2. The van der Waals surface area contributed by atoms with Crippen molar-refractivity contribution in [2.75, 3.05) is 24.3 Å². The van der Waals surface area contributed by atoms with Crippen molar-refractivity contribution in [2.45, 2.75) is 0 Å². The van der Waals surface area contributed by atoms with E-state index in [-0.39, 0.29) is 11.0 Å². The normalized spacial score (nSPS) is 10.5. The van der Waals surface area contributed by atoms with Crippen LogP contribution in [-0.4, -0.2) is 25.0 Å². The summed E-state index contributed by atoms with van der Waals surface area (Å²) in [6.45, 7) is 0. The van der Waals surface area contributed by atoms with Crippen molar-refractivity contribution in [2.24, 2.45) is 0 Å². The molecule has 0 saturated carbocycles. The van der Waals surface area contributed by atoms with Crippen LogP contribution in [0, 0.1) is 0 Å². The van der Waals surface area contributed by atoms with Crippen LogP contribution in [0.1, 0.15) is 10.4 Å². The van der Waals surface area contributed by atoms with E-state index < -0.39 is 5.91 Å². The number of para-hydroxylation sites is 1. The Hall–Kier alpha value is -3.08. The molecule has 5 heteroatoms. The van der Waals surface area contributed by atoms with Gasteiger partial charge in [-0.25, -0.2) is 0 Å². The average molecular weight is 307 g/mol. The Morgan fingerprint density at radius 3 is 2.43 bits per heavy atom. The van der Waals surface area contributed by atoms with Crippen LogP contribution in [0.4, 0.5) is 11.4 Å². The van der Waals surface area contributed by atoms with E-state index in [9.17, 15) is 9.59 Å². The van der Waals surface area contributed by atoms with Gasteiger partial charge in [0.25, 0.3) is 5.91 Å². The lowest BCUT2D eigenvalue weighted by Gasteiger charge is -2.13. The SMILES string of the molecule is CN(C)c1ccc(NC(=O)c2c[nH]c3ccccc3c2=O)cc1. The minimum atomic E-state index is -0.422. The van der Waals surface area contributed by atoms with Crippen LogP contribution in [0.25, 0.3) is 10.9 Å². The summed E-state index contributed by atoms with van der Waals surface area (Å²) in [5.74, 6) is -0.422. The quantitative estimate of drug-likeness (QED) is 0.782. The van der Waals surface area contributed by atoms with Crippen LogP contribution in [0.3, 0.4) is 0 Å². The number of benzene rings is 2. The molecule has 23 heavy (non-hydrogen) atoms. The summed E-state index contributed by atoms with van der Waals surface area (Å²) < 4.78 is 0. The molecule has 0 saturated heterocycles. The number of rotatable bonds is 3. The highest BCUT2D eigenvalue weighted by molar-refractivity contribution is 6.05. The molecule has 0 aliphatic heterocycles. The van der Waals surface area contributed by atoms with Gasteiger partial charge in [-0.3, -0.25) is 9.59 Å². The van der Waals surface area contributed by atoms with Gasteiger partial charge in [0.15, 0.2) is 0 Å². The highest BCUT2D eigenvalue weighted by atomic mass is 16.2. The highest BCUT2D eigenvalue weighted by Gasteiger charge is 2.13. The van der Waals surface area contributed by atoms with Gasteiger partial charge in [0.05, 0.1) is 0 Å². The predicted molar refractivity (Wildman–Crippen MR) is 93.3 cm³/mol. The first-order chi connectivity index (χ1) is 11.1. The summed E-state index contributed by atoms with van der Waals surface area (Å²) in [6.07, 6.45) is 1.45. The number of nitrogens with zero attached hydrogens (tertiary/aromatic N) is 1. The maximum Gasteiger partial charge on any atom is 0.261 e. The number of pyridine rings is 1. The van der Waals surface area contributed by atoms with Crippen molar-refractivity contribution < 1.29 is 4.79 Å². The molecule has 5 nitrogen and oxygen atoms in total. The standard InChI is InChI=1S/C18H17N3O2/c1-21(2)13-9-7-12(8-10-13)20-18(23)15-11-19-16-6-4-3-5-14(16)17(15)22/h3-11H,1-2H3,(H,19,22)(H,20,23). The van der Waals surface area contributed by atoms with Crippen LogP contribution in [0.5, 0.6) is 0 Å². The summed E-state index contributed by atoms with van der Waals surface area (Å²) >= 11 is 0. The summed E-state index contributed by atoms with van der Waals surface area (Å²) in [7, 11) is 3.89. The fourth-order valence-corrected chi connectivity index (χ4v) is 2.38. The summed E-state index contributed by atoms with van der Waals surface area (Å²) in [4.78, 5) is 29.7. The monoisotopic (exact) mass is 307 g/mol. The van der Waals surface area contributed by atoms with Crippen LogP contribution in [0.15, 0.2) is 59.5 Å². The number of amides is 1. The van der Waals surface area contributed by atoms with Gasteiger partial charge in [-0.2, -0.15) is 0 Å². The van der Waals surface area contributed by atoms with Crippen molar-refractivity contribution in [3.05, 3.63) is 70.5 Å². The van der Waals surface area contributed by atoms with E-state index in [1.165, 1.54) is 6.20 Å². The van der Waals surface area contributed by atoms with Crippen molar-refractivity contribution in [1.82, 2.24) is 4.98 Å². The van der Waals surface area contributed by atoms with E-state index in [4.69, 9.17) is 0 Å². The zero-order chi connectivity index (χ0) is 16.4. The van der Waals surface area contributed by atoms with E-state index >= 15 is 0 Å². The molecule has 0 bridgehead atoms. The fourth-order valence-electron chi connectivity index (χ4n) is 2.38. The largest absolute Gasteiger partial charge is 0.378 e. The number of hydrogen-bond acceptors (Lipinski definition) is 3. The van der Waals surface area contributed by atoms with E-state index in [0.717, 1.165) is 5.69 Å². The van der Waals surface area contributed by atoms with Crippen LogP contribution in [-0.2, 0) is 0 Å². The van der Waals surface area contributed by atoms with E-state index in [1.807, 2.05) is 49.3 Å². The maximum absolute atomic E-state index is 12.4. The van der Waals surface area contributed by atoms with Gasteiger partial charge in [-0.1, -0.05) is 12.1 Å². The molecule has 0 atom stereocenters. The van der Waals surface area contributed by atoms with Crippen LogP contribution >= 0.6 is 0 Å². The Labute approximate surface area is 133 Å². The smallest absolute Gasteiger partial charge is 0.261 e. The predicted octanol–water partition coefficient (Wildman–Crippen LogP) is 2.85. The minimum Gasteiger partial charge on any atom is -0.378 e. The Kier molecular flexibility index (Phi) is 3.85. The fraction of sp³-hybridized carbons (Fsp3) is 0.111. The average Bonchev–Trinajstić information content (AvgIpc) is 2.56. The molecule has 1 heterocycles. The molecule has 0 spiro atoms. The van der Waals surface area contributed by atoms with Crippen molar-refractivity contribution in [3.8, 4) is 0 Å². The van der Waals surface area contributed by atoms with Gasteiger partial charge in [0.2, 0.25) is 5.43 Å². The molecule has 0 fully saturated rings. The molecule has 0 aliphatic rings. The number of aromatic amines is 1. The summed E-state index contributed by atoms with van der Waals surface area (Å²) in [5.41, 5.74) is 2.21. The summed E-state index contributed by atoms with van der Waals surface area (Å²) in [5, 5.41) is 3.26. The third-order valence-electron chi connectivity index (χ3n) is 3.67. The lowest BCUT2D eigenvalue weighted by atomic mass is 10.1. The third kappa shape index (κ3) is 2.94. The van der Waals surface area contributed by atoms with Crippen molar-refractivity contribution >= 4 is 28.2 Å². The topological polar surface area (TPSA) is 65.2 Å². The number of hydrogen-bond donors (Lipinski definition) is 2. The number of H-pyrrole nitrogens is 1. The molecule has 2 N–H and O–H groups in total. The number of carbonyl (C=O) groups is 1. The van der Waals surface area contributed by atoms with Gasteiger partial charge in [0, 0.05) is 42.6 Å². The number of anilines is 2. The molecule has 0 aliphatic carbocycles. The molecule has 116 valence electrons. The van der Waals surface area contributed by atoms with Gasteiger partial charge in [0.1, 0.15) is 5.56 Å². The van der Waals surface area contributed by atoms with E-state index in [1.54, 1.807) is 18.2 Å². The molecule has 1 amide bonds. The molecule has 0 unspecified atom stereocenters. The zero-order valence-corrected chi connectivity index (χ0v) is 13.0. The number of fused-ring (bicyclic) bond motifs is 1. The van der Waals surface area contributed by atoms with E-state index in [2.05, 4.69) is 10.3 Å². The van der Waals surface area contributed by atoms with Gasteiger partial charge < -0.3 is 15.2 Å². The zero-order valence-electron chi connectivity index (χ0n) is 13.0. The molecular weight excluding hydrogens is 290 g/mol. The molecule has 1 aromatic heterocycles. The molecule has 0 radical (unpaired) electrons. The second kappa shape index (κ2) is 5.96. The third-order valence-corrected chi connectivity index (χ3v) is 3.67. The number of aromatic nitrogens is 1. The minimum absolute atomic E-state index is 0.0976. The Morgan fingerprint density at radius 2 is 1.74 bits per heavy atom. The van der Waals surface area contributed by atoms with Crippen LogP contribution in [0.2, 0.25) is 0 Å². The number of nitrogens with one attached hydrogen (secondary N) is 2. The lowest BCUT2D eigenvalue weighted by molar-refractivity contribution is 0.102. The Balaban J connectivity index is 1.89. The first kappa shape index (κ1) is 14.8. The molecule has 3 rings (SSSR count). The number of carbonyl (C=O) groups excluding carboxylic acids is 1.